The summed E-state index contributed by atoms with van der Waals surface area (Å²) in [6, 6.07) is -3.89. The number of hydrogen-bond acceptors (Lipinski definition) is 14. The highest BCUT2D eigenvalue weighted by atomic mass is 19.1. The van der Waals surface area contributed by atoms with Crippen LogP contribution in [0.1, 0.15) is 19.3 Å². The van der Waals surface area contributed by atoms with Crippen LogP contribution in [0.15, 0.2) is 0 Å². The molecule has 16 atom stereocenters. The normalized spacial score (nSPS) is 54.2. The number of alkyl halides is 1. The molecule has 4 aliphatic rings. The van der Waals surface area contributed by atoms with Gasteiger partial charge in [-0.2, -0.15) is 0 Å². The molecule has 0 radical (unpaired) electrons. The minimum absolute atomic E-state index is 0.0473. The quantitative estimate of drug-likeness (QED) is 0.158. The highest BCUT2D eigenvalue weighted by Gasteiger charge is 2.53. The van der Waals surface area contributed by atoms with E-state index in [2.05, 4.69) is 5.32 Å². The fourth-order valence-corrected chi connectivity index (χ4v) is 5.40. The van der Waals surface area contributed by atoms with Crippen molar-refractivity contribution in [3.8, 4) is 0 Å². The molecule has 1 saturated carbocycles. The van der Waals surface area contributed by atoms with Gasteiger partial charge in [-0.15, -0.1) is 0 Å². The maximum atomic E-state index is 14.7. The van der Waals surface area contributed by atoms with E-state index < -0.39 is 105 Å². The summed E-state index contributed by atoms with van der Waals surface area (Å²) in [5, 5.41) is 43.7. The predicted octanol–water partition coefficient (Wildman–Crippen LogP) is -4.94. The van der Waals surface area contributed by atoms with Gasteiger partial charge in [0, 0.05) is 18.5 Å². The Labute approximate surface area is 208 Å². The predicted molar refractivity (Wildman–Crippen MR) is 121 cm³/mol. The first-order valence-corrected chi connectivity index (χ1v) is 12.3. The van der Waals surface area contributed by atoms with E-state index in [9.17, 15) is 24.8 Å². The Bertz CT molecular complexity index is 731. The molecule has 210 valence electrons. The van der Waals surface area contributed by atoms with Gasteiger partial charge in [0.2, 0.25) is 0 Å². The second-order valence-electron chi connectivity index (χ2n) is 10.1. The average molecular weight is 526 g/mol. The number of aliphatic hydroxyl groups is 4. The molecule has 0 aromatic heterocycles. The summed E-state index contributed by atoms with van der Waals surface area (Å²) in [5.74, 6) is 0. The van der Waals surface area contributed by atoms with Crippen LogP contribution < -0.4 is 28.3 Å². The lowest BCUT2D eigenvalue weighted by atomic mass is 9.85. The van der Waals surface area contributed by atoms with Gasteiger partial charge in [0.1, 0.15) is 30.5 Å². The van der Waals surface area contributed by atoms with Gasteiger partial charge in [0.05, 0.1) is 36.9 Å². The van der Waals surface area contributed by atoms with Crippen molar-refractivity contribution < 1.29 is 48.5 Å². The topological polar surface area (TPSA) is 243 Å². The summed E-state index contributed by atoms with van der Waals surface area (Å²) in [4.78, 5) is 0. The minimum Gasteiger partial charge on any atom is -0.394 e. The molecule has 0 bridgehead atoms. The van der Waals surface area contributed by atoms with Gasteiger partial charge in [-0.3, -0.25) is 0 Å². The van der Waals surface area contributed by atoms with Crippen molar-refractivity contribution in [2.45, 2.75) is 117 Å². The average Bonchev–Trinajstić information content (AvgIpc) is 2.83. The van der Waals surface area contributed by atoms with Crippen LogP contribution in [0, 0.1) is 0 Å². The molecular weight excluding hydrogens is 485 g/mol. The van der Waals surface area contributed by atoms with Crippen LogP contribution in [0.25, 0.3) is 0 Å². The number of fused-ring (bicyclic) bond motifs is 1. The molecule has 4 fully saturated rings. The number of nitrogens with two attached hydrogens (primary N) is 4. The maximum Gasteiger partial charge on any atom is 0.179 e. The fourth-order valence-electron chi connectivity index (χ4n) is 5.40. The van der Waals surface area contributed by atoms with Crippen molar-refractivity contribution in [3.63, 3.8) is 0 Å². The number of ether oxygens (including phenoxy) is 5. The highest BCUT2D eigenvalue weighted by Crippen LogP contribution is 2.35. The molecular formula is C21H40FN5O9. The second kappa shape index (κ2) is 11.6. The third kappa shape index (κ3) is 5.55. The monoisotopic (exact) mass is 525 g/mol. The van der Waals surface area contributed by atoms with Crippen LogP contribution in [0.2, 0.25) is 0 Å². The lowest BCUT2D eigenvalue weighted by Crippen LogP contribution is -2.69. The Morgan fingerprint density at radius 3 is 2.28 bits per heavy atom. The van der Waals surface area contributed by atoms with Gasteiger partial charge < -0.3 is 72.4 Å². The highest BCUT2D eigenvalue weighted by molar-refractivity contribution is 5.01. The molecule has 3 aliphatic heterocycles. The molecule has 9 unspecified atom stereocenters. The van der Waals surface area contributed by atoms with E-state index in [0.717, 1.165) is 0 Å². The van der Waals surface area contributed by atoms with Gasteiger partial charge in [-0.1, -0.05) is 0 Å². The molecule has 14 nitrogen and oxygen atoms in total. The molecule has 4 rings (SSSR count). The zero-order valence-electron chi connectivity index (χ0n) is 20.1. The first-order valence-electron chi connectivity index (χ1n) is 12.3. The van der Waals surface area contributed by atoms with E-state index in [4.69, 9.17) is 46.6 Å². The first kappa shape index (κ1) is 28.4. The van der Waals surface area contributed by atoms with Crippen LogP contribution in [0.3, 0.4) is 0 Å². The van der Waals surface area contributed by atoms with Crippen molar-refractivity contribution in [2.75, 3.05) is 13.7 Å². The SMILES string of the molecule is CNC1C(OC2C[C@@H](O)[C@H](N)C(CO)O2)O[C@H]2CC(N)[C@@H](O[C@@H]3C(N)CC(N)[C@@H](O)[C@H]3F)OC2C1O. The summed E-state index contributed by atoms with van der Waals surface area (Å²) < 4.78 is 44.1. The number of aliphatic hydroxyl groups excluding tert-OH is 4. The third-order valence-corrected chi connectivity index (χ3v) is 7.59. The zero-order chi connectivity index (χ0) is 26.3. The van der Waals surface area contributed by atoms with Crippen molar-refractivity contribution >= 4 is 0 Å². The van der Waals surface area contributed by atoms with E-state index in [1.807, 2.05) is 0 Å². The van der Waals surface area contributed by atoms with Crippen molar-refractivity contribution in [2.24, 2.45) is 22.9 Å². The fraction of sp³-hybridized carbons (Fsp3) is 1.00. The molecule has 0 aromatic rings. The molecule has 1 aliphatic carbocycles. The third-order valence-electron chi connectivity index (χ3n) is 7.59. The van der Waals surface area contributed by atoms with Crippen LogP contribution in [0.4, 0.5) is 4.39 Å². The Morgan fingerprint density at radius 2 is 1.61 bits per heavy atom. The van der Waals surface area contributed by atoms with Gasteiger partial charge >= 0.3 is 0 Å². The maximum absolute atomic E-state index is 14.7. The van der Waals surface area contributed by atoms with E-state index in [-0.39, 0.29) is 19.3 Å². The molecule has 15 heteroatoms. The van der Waals surface area contributed by atoms with Crippen LogP contribution >= 0.6 is 0 Å². The largest absolute Gasteiger partial charge is 0.394 e. The molecule has 36 heavy (non-hydrogen) atoms. The van der Waals surface area contributed by atoms with E-state index in [1.165, 1.54) is 0 Å². The van der Waals surface area contributed by atoms with Crippen LogP contribution in [0.5, 0.6) is 0 Å². The number of hydrogen-bond donors (Lipinski definition) is 9. The Balaban J connectivity index is 1.41. The second-order valence-corrected chi connectivity index (χ2v) is 10.1. The Hall–Kier alpha value is -0.630. The van der Waals surface area contributed by atoms with Crippen LogP contribution in [-0.2, 0) is 23.7 Å². The molecule has 0 aromatic carbocycles. The molecule has 0 amide bonds. The van der Waals surface area contributed by atoms with E-state index in [1.54, 1.807) is 7.05 Å². The zero-order valence-corrected chi connectivity index (χ0v) is 20.1. The lowest BCUT2D eigenvalue weighted by molar-refractivity contribution is -0.360. The van der Waals surface area contributed by atoms with Gasteiger partial charge in [-0.05, 0) is 19.9 Å². The summed E-state index contributed by atoms with van der Waals surface area (Å²) in [6.07, 6.45) is -11.6. The lowest BCUT2D eigenvalue weighted by Gasteiger charge is -2.51. The Morgan fingerprint density at radius 1 is 0.889 bits per heavy atom. The van der Waals surface area contributed by atoms with Gasteiger partial charge in [-0.25, -0.2) is 4.39 Å². The van der Waals surface area contributed by atoms with E-state index in [0.29, 0.717) is 0 Å². The minimum atomic E-state index is -1.82. The van der Waals surface area contributed by atoms with Crippen molar-refractivity contribution in [1.82, 2.24) is 5.32 Å². The van der Waals surface area contributed by atoms with Gasteiger partial charge in [0.15, 0.2) is 25.0 Å². The number of nitrogens with one attached hydrogen (secondary N) is 1. The summed E-state index contributed by atoms with van der Waals surface area (Å²) in [5.41, 5.74) is 23.9. The number of halogens is 1. The summed E-state index contributed by atoms with van der Waals surface area (Å²) in [7, 11) is 1.60. The smallest absolute Gasteiger partial charge is 0.179 e. The summed E-state index contributed by atoms with van der Waals surface area (Å²) in [6.45, 7) is -0.399. The summed E-state index contributed by atoms with van der Waals surface area (Å²) >= 11 is 0. The van der Waals surface area contributed by atoms with Crippen LogP contribution in [-0.4, -0.2) is 132 Å². The number of likely N-dealkylation sites (N-methyl/N-ethyl adjacent to an activating group) is 1. The standard InChI is InChI=1S/C21H40FN5O9/c1-27-15-17(31)19-10(33-21(15)34-12-4-9(29)14(26)11(5-28)32-12)3-8(25)20(36-19)35-18-7(24)2-6(23)16(30)13(18)22/h6-21,27-31H,2-5,23-26H2,1H3/t6?,7?,8?,9-,10+,11?,12?,13-,14+,15?,16-,17?,18-,19?,20+,21?/m1/s1. The van der Waals surface area contributed by atoms with E-state index >= 15 is 0 Å². The molecule has 13 N–H and O–H groups in total. The van der Waals surface area contributed by atoms with Gasteiger partial charge in [0.25, 0.3) is 0 Å². The first-order chi connectivity index (χ1) is 17.0. The van der Waals surface area contributed by atoms with Crippen molar-refractivity contribution in [1.29, 1.82) is 0 Å². The van der Waals surface area contributed by atoms with Crippen molar-refractivity contribution in [3.05, 3.63) is 0 Å². The molecule has 3 heterocycles. The molecule has 0 spiro atoms. The molecule has 3 saturated heterocycles. The number of rotatable bonds is 6. The Kier molecular flexibility index (Phi) is 9.17.